The first-order chi connectivity index (χ1) is 15.7. The molecule has 0 N–H and O–H groups in total. The van der Waals surface area contributed by atoms with Gasteiger partial charge in [-0.05, 0) is 93.0 Å². The number of benzene rings is 5. The Balaban J connectivity index is 1.63. The summed E-state index contributed by atoms with van der Waals surface area (Å²) in [5, 5.41) is 5.16. The van der Waals surface area contributed by atoms with Crippen LogP contribution in [-0.4, -0.2) is 14.2 Å². The molecule has 2 nitrogen and oxygen atoms in total. The molecule has 0 aliphatic carbocycles. The Morgan fingerprint density at radius 3 is 1.69 bits per heavy atom. The molecule has 158 valence electrons. The van der Waals surface area contributed by atoms with Gasteiger partial charge in [-0.15, -0.1) is 0 Å². The molecule has 0 atom stereocenters. The lowest BCUT2D eigenvalue weighted by molar-refractivity contribution is 0.414. The fraction of sp³-hybridized carbons (Fsp3) is 0.133. The van der Waals surface area contributed by atoms with Gasteiger partial charge in [-0.2, -0.15) is 0 Å². The summed E-state index contributed by atoms with van der Waals surface area (Å²) in [6, 6.07) is 34.6. The first-order valence-electron chi connectivity index (χ1n) is 10.9. The molecular formula is C30H26O2. The highest BCUT2D eigenvalue weighted by atomic mass is 16.5. The molecule has 0 aliphatic rings. The zero-order valence-corrected chi connectivity index (χ0v) is 18.5. The molecule has 0 fully saturated rings. The first-order valence-corrected chi connectivity index (χ1v) is 10.9. The van der Waals surface area contributed by atoms with Gasteiger partial charge in [0.05, 0.1) is 14.2 Å². The Kier molecular flexibility index (Phi) is 5.51. The van der Waals surface area contributed by atoms with Crippen molar-refractivity contribution in [1.82, 2.24) is 0 Å². The molecular weight excluding hydrogens is 392 g/mol. The van der Waals surface area contributed by atoms with E-state index in [1.54, 1.807) is 14.2 Å². The Bertz CT molecular complexity index is 1370. The van der Waals surface area contributed by atoms with Crippen molar-refractivity contribution in [2.45, 2.75) is 12.8 Å². The second kappa shape index (κ2) is 8.76. The standard InChI is InChI=1S/C30H26O2/c1-31-27-13-7-21(8-14-27)17-25-11-12-26-19-23-5-3-4-6-24(23)20-30(26)29(25)18-22-9-15-28(32-2)16-10-22/h3-16,19-20H,17-18H2,1-2H3. The van der Waals surface area contributed by atoms with Gasteiger partial charge in [0.1, 0.15) is 11.5 Å². The second-order valence-electron chi connectivity index (χ2n) is 8.17. The van der Waals surface area contributed by atoms with Crippen LogP contribution in [0.15, 0.2) is 97.1 Å². The van der Waals surface area contributed by atoms with Crippen LogP contribution in [0.25, 0.3) is 21.5 Å². The van der Waals surface area contributed by atoms with E-state index in [2.05, 4.69) is 72.8 Å². The van der Waals surface area contributed by atoms with E-state index in [4.69, 9.17) is 9.47 Å². The maximum absolute atomic E-state index is 5.35. The van der Waals surface area contributed by atoms with Crippen LogP contribution in [0.1, 0.15) is 22.3 Å². The highest BCUT2D eigenvalue weighted by molar-refractivity contribution is 6.00. The van der Waals surface area contributed by atoms with Crippen LogP contribution in [0.4, 0.5) is 0 Å². The van der Waals surface area contributed by atoms with E-state index in [0.29, 0.717) is 0 Å². The Morgan fingerprint density at radius 2 is 1.09 bits per heavy atom. The highest BCUT2D eigenvalue weighted by Crippen LogP contribution is 2.31. The molecule has 5 rings (SSSR count). The average Bonchev–Trinajstić information content (AvgIpc) is 2.85. The molecule has 2 heteroatoms. The van der Waals surface area contributed by atoms with E-state index >= 15 is 0 Å². The maximum Gasteiger partial charge on any atom is 0.118 e. The summed E-state index contributed by atoms with van der Waals surface area (Å²) in [7, 11) is 3.41. The molecule has 0 heterocycles. The summed E-state index contributed by atoms with van der Waals surface area (Å²) >= 11 is 0. The minimum atomic E-state index is 0.880. The van der Waals surface area contributed by atoms with Gasteiger partial charge in [-0.1, -0.05) is 60.7 Å². The van der Waals surface area contributed by atoms with Gasteiger partial charge in [0.2, 0.25) is 0 Å². The predicted octanol–water partition coefficient (Wildman–Crippen LogP) is 7.19. The molecule has 0 saturated heterocycles. The Morgan fingerprint density at radius 1 is 0.531 bits per heavy atom. The van der Waals surface area contributed by atoms with Crippen LogP contribution in [0.3, 0.4) is 0 Å². The topological polar surface area (TPSA) is 18.5 Å². The van der Waals surface area contributed by atoms with E-state index in [9.17, 15) is 0 Å². The van der Waals surface area contributed by atoms with E-state index in [-0.39, 0.29) is 0 Å². The van der Waals surface area contributed by atoms with Gasteiger partial charge >= 0.3 is 0 Å². The van der Waals surface area contributed by atoms with Gasteiger partial charge in [-0.25, -0.2) is 0 Å². The van der Waals surface area contributed by atoms with Crippen molar-refractivity contribution >= 4 is 21.5 Å². The van der Waals surface area contributed by atoms with Gasteiger partial charge in [0.25, 0.3) is 0 Å². The molecule has 0 amide bonds. The zero-order valence-electron chi connectivity index (χ0n) is 18.5. The summed E-state index contributed by atoms with van der Waals surface area (Å²) in [5.41, 5.74) is 5.30. The van der Waals surface area contributed by atoms with Crippen LogP contribution in [0.2, 0.25) is 0 Å². The molecule has 0 radical (unpaired) electrons. The molecule has 32 heavy (non-hydrogen) atoms. The minimum Gasteiger partial charge on any atom is -0.497 e. The Labute approximate surface area is 189 Å². The van der Waals surface area contributed by atoms with Crippen LogP contribution in [0, 0.1) is 0 Å². The highest BCUT2D eigenvalue weighted by Gasteiger charge is 2.11. The number of hydrogen-bond donors (Lipinski definition) is 0. The van der Waals surface area contributed by atoms with Crippen molar-refractivity contribution in [3.63, 3.8) is 0 Å². The average molecular weight is 419 g/mol. The van der Waals surface area contributed by atoms with Crippen molar-refractivity contribution in [2.24, 2.45) is 0 Å². The number of ether oxygens (including phenoxy) is 2. The largest absolute Gasteiger partial charge is 0.497 e. The summed E-state index contributed by atoms with van der Waals surface area (Å²) < 4.78 is 10.7. The number of hydrogen-bond acceptors (Lipinski definition) is 2. The quantitative estimate of drug-likeness (QED) is 0.272. The van der Waals surface area contributed by atoms with E-state index < -0.39 is 0 Å². The summed E-state index contributed by atoms with van der Waals surface area (Å²) in [4.78, 5) is 0. The third-order valence-electron chi connectivity index (χ3n) is 6.19. The monoisotopic (exact) mass is 418 g/mol. The van der Waals surface area contributed by atoms with Crippen molar-refractivity contribution in [3.8, 4) is 11.5 Å². The molecule has 0 aliphatic heterocycles. The van der Waals surface area contributed by atoms with Gasteiger partial charge in [0, 0.05) is 0 Å². The summed E-state index contributed by atoms with van der Waals surface area (Å²) in [6.07, 6.45) is 1.77. The first kappa shape index (κ1) is 20.1. The van der Waals surface area contributed by atoms with Crippen LogP contribution in [-0.2, 0) is 12.8 Å². The number of rotatable bonds is 6. The van der Waals surface area contributed by atoms with Crippen LogP contribution in [0.5, 0.6) is 11.5 Å². The van der Waals surface area contributed by atoms with Crippen molar-refractivity contribution in [1.29, 1.82) is 0 Å². The van der Waals surface area contributed by atoms with E-state index in [1.165, 1.54) is 43.8 Å². The van der Waals surface area contributed by atoms with Gasteiger partial charge in [-0.3, -0.25) is 0 Å². The fourth-order valence-electron chi connectivity index (χ4n) is 4.41. The molecule has 0 unspecified atom stereocenters. The third kappa shape index (κ3) is 4.04. The maximum atomic E-state index is 5.35. The predicted molar refractivity (Wildman–Crippen MR) is 133 cm³/mol. The van der Waals surface area contributed by atoms with Gasteiger partial charge in [0.15, 0.2) is 0 Å². The lowest BCUT2D eigenvalue weighted by atomic mass is 9.89. The number of methoxy groups -OCH3 is 2. The number of fused-ring (bicyclic) bond motifs is 2. The van der Waals surface area contributed by atoms with Crippen molar-refractivity contribution in [3.05, 3.63) is 119 Å². The molecule has 0 bridgehead atoms. The molecule has 5 aromatic carbocycles. The van der Waals surface area contributed by atoms with Gasteiger partial charge < -0.3 is 9.47 Å². The smallest absolute Gasteiger partial charge is 0.118 e. The molecule has 0 aromatic heterocycles. The Hall–Kier alpha value is -3.78. The summed E-state index contributed by atoms with van der Waals surface area (Å²) in [6.45, 7) is 0. The van der Waals surface area contributed by atoms with Crippen LogP contribution < -0.4 is 9.47 Å². The normalized spacial score (nSPS) is 11.1. The van der Waals surface area contributed by atoms with Crippen molar-refractivity contribution < 1.29 is 9.47 Å². The van der Waals surface area contributed by atoms with Crippen LogP contribution >= 0.6 is 0 Å². The second-order valence-corrected chi connectivity index (χ2v) is 8.17. The molecule has 0 spiro atoms. The molecule has 5 aromatic rings. The fourth-order valence-corrected chi connectivity index (χ4v) is 4.41. The lowest BCUT2D eigenvalue weighted by Crippen LogP contribution is -1.99. The van der Waals surface area contributed by atoms with Crippen molar-refractivity contribution in [2.75, 3.05) is 14.2 Å². The van der Waals surface area contributed by atoms with E-state index in [1.807, 2.05) is 24.3 Å². The molecule has 0 saturated carbocycles. The lowest BCUT2D eigenvalue weighted by Gasteiger charge is -2.15. The van der Waals surface area contributed by atoms with E-state index in [0.717, 1.165) is 24.3 Å². The minimum absolute atomic E-state index is 0.880. The zero-order chi connectivity index (χ0) is 21.9. The SMILES string of the molecule is COc1ccc(Cc2ccc3cc4ccccc4cc3c2Cc2ccc(OC)cc2)cc1. The summed E-state index contributed by atoms with van der Waals surface area (Å²) in [5.74, 6) is 1.77. The third-order valence-corrected chi connectivity index (χ3v) is 6.19.